The fraction of sp³-hybridized carbons (Fsp3) is 0.167. The van der Waals surface area contributed by atoms with E-state index in [0.29, 0.717) is 0 Å². The van der Waals surface area contributed by atoms with Crippen molar-refractivity contribution in [3.63, 3.8) is 0 Å². The molecule has 2 heterocycles. The van der Waals surface area contributed by atoms with Crippen molar-refractivity contribution in [3.8, 4) is 0 Å². The lowest BCUT2D eigenvalue weighted by atomic mass is 10.0. The van der Waals surface area contributed by atoms with Gasteiger partial charge in [-0.1, -0.05) is 42.5 Å². The van der Waals surface area contributed by atoms with Crippen LogP contribution in [-0.4, -0.2) is 11.5 Å². The number of aryl methyl sites for hydroxylation is 1. The fourth-order valence-corrected chi connectivity index (χ4v) is 2.44. The highest BCUT2D eigenvalue weighted by atomic mass is 14.9. The number of nitrogens with zero attached hydrogens (tertiary/aromatic N) is 1. The van der Waals surface area contributed by atoms with Gasteiger partial charge < -0.3 is 5.32 Å². The molecule has 1 aromatic heterocycles. The number of benzene rings is 2. The molecule has 0 bridgehead atoms. The quantitative estimate of drug-likeness (QED) is 0.654. The van der Waals surface area contributed by atoms with Gasteiger partial charge in [0.25, 0.3) is 0 Å². The summed E-state index contributed by atoms with van der Waals surface area (Å²) in [6.07, 6.45) is 6.19. The van der Waals surface area contributed by atoms with Gasteiger partial charge in [-0.05, 0) is 41.3 Å². The predicted molar refractivity (Wildman–Crippen MR) is 85.0 cm³/mol. The van der Waals surface area contributed by atoms with Crippen molar-refractivity contribution in [3.05, 3.63) is 72.6 Å². The maximum Gasteiger partial charge on any atom is 0.0372 e. The maximum absolute atomic E-state index is 4.01. The zero-order valence-corrected chi connectivity index (χ0v) is 11.4. The van der Waals surface area contributed by atoms with Crippen LogP contribution in [0.3, 0.4) is 0 Å². The van der Waals surface area contributed by atoms with E-state index in [1.54, 1.807) is 0 Å². The molecule has 0 atom stereocenters. The summed E-state index contributed by atoms with van der Waals surface area (Å²) in [6, 6.07) is 18.7. The molecule has 100 valence electrons. The van der Waals surface area contributed by atoms with Crippen molar-refractivity contribution in [2.75, 3.05) is 11.9 Å². The number of fused-ring (bicyclic) bond motifs is 2. The molecule has 1 N–H and O–H groups in total. The number of nitrogens with one attached hydrogen (secondary N) is 1. The van der Waals surface area contributed by atoms with E-state index in [0.717, 1.165) is 6.54 Å². The summed E-state index contributed by atoms with van der Waals surface area (Å²) in [5.41, 5.74) is 2.79. The summed E-state index contributed by atoms with van der Waals surface area (Å²) in [5, 5.41) is 5.81. The molecule has 0 saturated carbocycles. The molecular weight excluding hydrogens is 244 g/mol. The number of aromatic nitrogens is 1. The number of hydrogen-bond acceptors (Lipinski definition) is 2. The minimum atomic E-state index is 1.14. The van der Waals surface area contributed by atoms with Gasteiger partial charge in [0.1, 0.15) is 0 Å². The van der Waals surface area contributed by atoms with Gasteiger partial charge in [0.2, 0.25) is 0 Å². The Balaban J connectivity index is 0.000000121. The average Bonchev–Trinajstić information content (AvgIpc) is 2.56. The first-order valence-electron chi connectivity index (χ1n) is 7.04. The second kappa shape index (κ2) is 6.20. The Labute approximate surface area is 119 Å². The Morgan fingerprint density at radius 3 is 2.50 bits per heavy atom. The van der Waals surface area contributed by atoms with Crippen molar-refractivity contribution < 1.29 is 0 Å². The normalized spacial score (nSPS) is 12.8. The lowest BCUT2D eigenvalue weighted by Crippen LogP contribution is -2.10. The highest BCUT2D eigenvalue weighted by Crippen LogP contribution is 2.20. The van der Waals surface area contributed by atoms with E-state index < -0.39 is 0 Å². The number of rotatable bonds is 0. The van der Waals surface area contributed by atoms with Crippen LogP contribution in [0.4, 0.5) is 5.69 Å². The largest absolute Gasteiger partial charge is 0.385 e. The SMILES string of the molecule is c1ccc2c(c1)CCCN2.c1ccc2cnccc2c1. The molecular formula is C18H18N2. The molecule has 0 unspecified atom stereocenters. The van der Waals surface area contributed by atoms with E-state index in [9.17, 15) is 0 Å². The Bertz CT molecular complexity index is 601. The van der Waals surface area contributed by atoms with Crippen LogP contribution in [0.5, 0.6) is 0 Å². The van der Waals surface area contributed by atoms with E-state index in [4.69, 9.17) is 0 Å². The maximum atomic E-state index is 4.01. The zero-order valence-electron chi connectivity index (χ0n) is 11.4. The molecule has 3 aromatic rings. The first-order valence-corrected chi connectivity index (χ1v) is 7.04. The van der Waals surface area contributed by atoms with Gasteiger partial charge in [-0.3, -0.25) is 4.98 Å². The van der Waals surface area contributed by atoms with Crippen molar-refractivity contribution in [1.82, 2.24) is 4.98 Å². The number of anilines is 1. The third-order valence-electron chi connectivity index (χ3n) is 3.51. The molecule has 0 saturated heterocycles. The van der Waals surface area contributed by atoms with Crippen LogP contribution >= 0.6 is 0 Å². The molecule has 4 rings (SSSR count). The summed E-state index contributed by atoms with van der Waals surface area (Å²) < 4.78 is 0. The van der Waals surface area contributed by atoms with E-state index in [2.05, 4.69) is 46.7 Å². The van der Waals surface area contributed by atoms with Crippen LogP contribution in [0.2, 0.25) is 0 Å². The molecule has 0 spiro atoms. The van der Waals surface area contributed by atoms with Crippen LogP contribution in [0.25, 0.3) is 10.8 Å². The van der Waals surface area contributed by atoms with Crippen molar-refractivity contribution in [1.29, 1.82) is 0 Å². The van der Waals surface area contributed by atoms with Crippen molar-refractivity contribution in [2.24, 2.45) is 0 Å². The second-order valence-electron chi connectivity index (χ2n) is 4.91. The smallest absolute Gasteiger partial charge is 0.0372 e. The van der Waals surface area contributed by atoms with Gasteiger partial charge in [-0.2, -0.15) is 0 Å². The van der Waals surface area contributed by atoms with E-state index in [-0.39, 0.29) is 0 Å². The van der Waals surface area contributed by atoms with Crippen molar-refractivity contribution >= 4 is 16.5 Å². The third kappa shape index (κ3) is 2.97. The molecule has 2 aromatic carbocycles. The number of hydrogen-bond donors (Lipinski definition) is 1. The van der Waals surface area contributed by atoms with Crippen LogP contribution < -0.4 is 5.32 Å². The average molecular weight is 262 g/mol. The van der Waals surface area contributed by atoms with Gasteiger partial charge in [0.15, 0.2) is 0 Å². The molecule has 0 fully saturated rings. The van der Waals surface area contributed by atoms with Crippen LogP contribution in [-0.2, 0) is 6.42 Å². The van der Waals surface area contributed by atoms with Gasteiger partial charge in [-0.25, -0.2) is 0 Å². The zero-order chi connectivity index (χ0) is 13.6. The lowest BCUT2D eigenvalue weighted by molar-refractivity contribution is 0.830. The minimum absolute atomic E-state index is 1.14. The molecule has 0 radical (unpaired) electrons. The number of para-hydroxylation sites is 1. The minimum Gasteiger partial charge on any atom is -0.385 e. The lowest BCUT2D eigenvalue weighted by Gasteiger charge is -2.16. The summed E-state index contributed by atoms with van der Waals surface area (Å²) in [6.45, 7) is 1.14. The summed E-state index contributed by atoms with van der Waals surface area (Å²) in [7, 11) is 0. The number of pyridine rings is 1. The summed E-state index contributed by atoms with van der Waals surface area (Å²) >= 11 is 0. The molecule has 1 aliphatic rings. The summed E-state index contributed by atoms with van der Waals surface area (Å²) in [5.74, 6) is 0. The standard InChI is InChI=1S/C9H11N.C9H7N/c1-2-6-9-8(4-1)5-3-7-10-9;1-2-4-9-7-10-6-5-8(9)3-1/h1-2,4,6,10H,3,5,7H2;1-7H. The van der Waals surface area contributed by atoms with Crippen LogP contribution in [0.15, 0.2) is 67.0 Å². The van der Waals surface area contributed by atoms with Gasteiger partial charge >= 0.3 is 0 Å². The van der Waals surface area contributed by atoms with Crippen LogP contribution in [0, 0.1) is 0 Å². The highest BCUT2D eigenvalue weighted by Gasteiger charge is 2.04. The Morgan fingerprint density at radius 2 is 1.65 bits per heavy atom. The topological polar surface area (TPSA) is 24.9 Å². The monoisotopic (exact) mass is 262 g/mol. The Hall–Kier alpha value is -2.35. The highest BCUT2D eigenvalue weighted by molar-refractivity contribution is 5.80. The van der Waals surface area contributed by atoms with Crippen molar-refractivity contribution in [2.45, 2.75) is 12.8 Å². The van der Waals surface area contributed by atoms with E-state index in [1.165, 1.54) is 34.9 Å². The first-order chi connectivity index (χ1) is 9.93. The van der Waals surface area contributed by atoms with E-state index >= 15 is 0 Å². The van der Waals surface area contributed by atoms with E-state index in [1.807, 2.05) is 30.6 Å². The molecule has 0 amide bonds. The van der Waals surface area contributed by atoms with Gasteiger partial charge in [0.05, 0.1) is 0 Å². The predicted octanol–water partition coefficient (Wildman–Crippen LogP) is 4.28. The Kier molecular flexibility index (Phi) is 3.93. The Morgan fingerprint density at radius 1 is 0.850 bits per heavy atom. The van der Waals surface area contributed by atoms with Gasteiger partial charge in [-0.15, -0.1) is 0 Å². The molecule has 2 heteroatoms. The first kappa shape index (κ1) is 12.7. The molecule has 2 nitrogen and oxygen atoms in total. The molecule has 20 heavy (non-hydrogen) atoms. The molecule has 1 aliphatic heterocycles. The summed E-state index contributed by atoms with van der Waals surface area (Å²) in [4.78, 5) is 4.01. The third-order valence-corrected chi connectivity index (χ3v) is 3.51. The second-order valence-corrected chi connectivity index (χ2v) is 4.91. The van der Waals surface area contributed by atoms with Crippen LogP contribution in [0.1, 0.15) is 12.0 Å². The van der Waals surface area contributed by atoms with Gasteiger partial charge in [0, 0.05) is 24.6 Å². The fourth-order valence-electron chi connectivity index (χ4n) is 2.44. The molecule has 0 aliphatic carbocycles.